The molecule has 6 heteroatoms. The Labute approximate surface area is 120 Å². The van der Waals surface area contributed by atoms with Crippen LogP contribution in [-0.2, 0) is 5.75 Å². The molecule has 0 bridgehead atoms. The van der Waals surface area contributed by atoms with Gasteiger partial charge in [-0.2, -0.15) is 11.8 Å². The fourth-order valence-corrected chi connectivity index (χ4v) is 2.44. The topological polar surface area (TPSA) is 66.5 Å². The zero-order chi connectivity index (χ0) is 13.7. The van der Waals surface area contributed by atoms with Crippen LogP contribution in [0.5, 0.6) is 0 Å². The maximum absolute atomic E-state index is 9.22. The average molecular weight is 300 g/mol. The molecule has 0 radical (unpaired) electrons. The zero-order valence-electron chi connectivity index (χ0n) is 10.1. The molecule has 102 valence electrons. The molecule has 1 heterocycles. The summed E-state index contributed by atoms with van der Waals surface area (Å²) in [6.45, 7) is -0.223. The monoisotopic (exact) mass is 299 g/mol. The van der Waals surface area contributed by atoms with Gasteiger partial charge in [0, 0.05) is 22.4 Å². The number of aromatic nitrogens is 1. The maximum Gasteiger partial charge on any atom is 0.147 e. The fraction of sp³-hybridized carbons (Fsp3) is 0.308. The standard InChI is InChI=1S/C13H14ClNO3S/c14-10-3-1-9(2-4-10)13-5-12(18-15-13)8-19-7-11(17)6-16/h1-5,11,16-17H,6-8H2/t11-/m0/s1. The SMILES string of the molecule is OC[C@H](O)CSCc1cc(-c2ccc(Cl)cc2)no1. The molecule has 0 spiro atoms. The van der Waals surface area contributed by atoms with Crippen LogP contribution in [0, 0.1) is 0 Å². The summed E-state index contributed by atoms with van der Waals surface area (Å²) in [5, 5.41) is 22.6. The lowest BCUT2D eigenvalue weighted by molar-refractivity contribution is 0.113. The molecule has 4 nitrogen and oxygen atoms in total. The molecule has 2 aromatic rings. The summed E-state index contributed by atoms with van der Waals surface area (Å²) in [5.41, 5.74) is 1.70. The third kappa shape index (κ3) is 4.24. The van der Waals surface area contributed by atoms with E-state index in [2.05, 4.69) is 5.16 Å². The first-order valence-electron chi connectivity index (χ1n) is 5.77. The number of hydrogen-bond acceptors (Lipinski definition) is 5. The van der Waals surface area contributed by atoms with Gasteiger partial charge in [-0.15, -0.1) is 0 Å². The lowest BCUT2D eigenvalue weighted by Gasteiger charge is -2.04. The Morgan fingerprint density at radius 2 is 2.05 bits per heavy atom. The predicted octanol–water partition coefficient (Wildman–Crippen LogP) is 2.58. The number of nitrogens with zero attached hydrogens (tertiary/aromatic N) is 1. The lowest BCUT2D eigenvalue weighted by atomic mass is 10.1. The van der Waals surface area contributed by atoms with E-state index in [-0.39, 0.29) is 6.61 Å². The van der Waals surface area contributed by atoms with Gasteiger partial charge in [-0.25, -0.2) is 0 Å². The Morgan fingerprint density at radius 3 is 2.74 bits per heavy atom. The number of rotatable bonds is 6. The second-order valence-electron chi connectivity index (χ2n) is 4.04. The summed E-state index contributed by atoms with van der Waals surface area (Å²) >= 11 is 7.31. The summed E-state index contributed by atoms with van der Waals surface area (Å²) in [4.78, 5) is 0. The first-order chi connectivity index (χ1) is 9.19. The first-order valence-corrected chi connectivity index (χ1v) is 7.30. The van der Waals surface area contributed by atoms with E-state index in [4.69, 9.17) is 21.2 Å². The Hall–Kier alpha value is -1.01. The second-order valence-corrected chi connectivity index (χ2v) is 5.50. The summed E-state index contributed by atoms with van der Waals surface area (Å²) in [7, 11) is 0. The van der Waals surface area contributed by atoms with Gasteiger partial charge in [0.15, 0.2) is 0 Å². The lowest BCUT2D eigenvalue weighted by Crippen LogP contribution is -2.14. The van der Waals surface area contributed by atoms with Gasteiger partial charge < -0.3 is 14.7 Å². The van der Waals surface area contributed by atoms with Crippen LogP contribution in [0.15, 0.2) is 34.9 Å². The molecule has 0 saturated carbocycles. The number of hydrogen-bond donors (Lipinski definition) is 2. The Kier molecular flexibility index (Phi) is 5.27. The van der Waals surface area contributed by atoms with Gasteiger partial charge in [0.25, 0.3) is 0 Å². The van der Waals surface area contributed by atoms with Crippen LogP contribution in [-0.4, -0.2) is 33.8 Å². The Balaban J connectivity index is 1.93. The minimum atomic E-state index is -0.691. The van der Waals surface area contributed by atoms with Gasteiger partial charge >= 0.3 is 0 Å². The van der Waals surface area contributed by atoms with Crippen molar-refractivity contribution in [1.29, 1.82) is 0 Å². The molecule has 1 atom stereocenters. The quantitative estimate of drug-likeness (QED) is 0.858. The van der Waals surface area contributed by atoms with Crippen molar-refractivity contribution in [1.82, 2.24) is 5.16 Å². The normalized spacial score (nSPS) is 12.6. The molecular formula is C13H14ClNO3S. The number of benzene rings is 1. The van der Waals surface area contributed by atoms with E-state index < -0.39 is 6.10 Å². The van der Waals surface area contributed by atoms with Crippen LogP contribution in [0.2, 0.25) is 5.02 Å². The summed E-state index contributed by atoms with van der Waals surface area (Å²) < 4.78 is 5.22. The Morgan fingerprint density at radius 1 is 1.32 bits per heavy atom. The first kappa shape index (κ1) is 14.4. The van der Waals surface area contributed by atoms with Crippen LogP contribution >= 0.6 is 23.4 Å². The van der Waals surface area contributed by atoms with E-state index >= 15 is 0 Å². The molecule has 0 saturated heterocycles. The van der Waals surface area contributed by atoms with Gasteiger partial charge in [0.2, 0.25) is 0 Å². The van der Waals surface area contributed by atoms with Crippen LogP contribution in [0.3, 0.4) is 0 Å². The Bertz CT molecular complexity index is 515. The maximum atomic E-state index is 9.22. The third-order valence-electron chi connectivity index (χ3n) is 2.46. The highest BCUT2D eigenvalue weighted by Crippen LogP contribution is 2.23. The van der Waals surface area contributed by atoms with Gasteiger partial charge in [0.05, 0.1) is 18.5 Å². The van der Waals surface area contributed by atoms with Crippen LogP contribution in [0.4, 0.5) is 0 Å². The minimum Gasteiger partial charge on any atom is -0.394 e. The van der Waals surface area contributed by atoms with Crippen molar-refractivity contribution in [2.45, 2.75) is 11.9 Å². The molecule has 0 aliphatic carbocycles. The van der Waals surface area contributed by atoms with Gasteiger partial charge in [-0.3, -0.25) is 0 Å². The van der Waals surface area contributed by atoms with E-state index in [1.54, 1.807) is 12.1 Å². The third-order valence-corrected chi connectivity index (χ3v) is 3.83. The van der Waals surface area contributed by atoms with E-state index in [9.17, 15) is 5.11 Å². The zero-order valence-corrected chi connectivity index (χ0v) is 11.7. The highest BCUT2D eigenvalue weighted by Gasteiger charge is 2.08. The van der Waals surface area contributed by atoms with E-state index in [0.717, 1.165) is 17.0 Å². The highest BCUT2D eigenvalue weighted by molar-refractivity contribution is 7.98. The van der Waals surface area contributed by atoms with Gasteiger partial charge in [-0.1, -0.05) is 28.9 Å². The minimum absolute atomic E-state index is 0.223. The molecular weight excluding hydrogens is 286 g/mol. The molecule has 0 unspecified atom stereocenters. The molecule has 0 amide bonds. The van der Waals surface area contributed by atoms with Crippen molar-refractivity contribution in [2.75, 3.05) is 12.4 Å². The van der Waals surface area contributed by atoms with Crippen molar-refractivity contribution >= 4 is 23.4 Å². The van der Waals surface area contributed by atoms with Crippen molar-refractivity contribution in [3.05, 3.63) is 41.1 Å². The summed E-state index contributed by atoms with van der Waals surface area (Å²) in [6, 6.07) is 9.23. The van der Waals surface area contributed by atoms with Gasteiger partial charge in [0.1, 0.15) is 11.5 Å². The summed E-state index contributed by atoms with van der Waals surface area (Å²) in [6.07, 6.45) is -0.691. The predicted molar refractivity (Wildman–Crippen MR) is 76.2 cm³/mol. The molecule has 1 aromatic carbocycles. The van der Waals surface area contributed by atoms with Crippen LogP contribution < -0.4 is 0 Å². The van der Waals surface area contributed by atoms with Crippen LogP contribution in [0.1, 0.15) is 5.76 Å². The van der Waals surface area contributed by atoms with Crippen molar-refractivity contribution in [2.24, 2.45) is 0 Å². The smallest absolute Gasteiger partial charge is 0.147 e. The highest BCUT2D eigenvalue weighted by atomic mass is 35.5. The number of thioether (sulfide) groups is 1. The van der Waals surface area contributed by atoms with Crippen molar-refractivity contribution in [3.63, 3.8) is 0 Å². The number of halogens is 1. The molecule has 19 heavy (non-hydrogen) atoms. The summed E-state index contributed by atoms with van der Waals surface area (Å²) in [5.74, 6) is 1.81. The van der Waals surface area contributed by atoms with Crippen molar-refractivity contribution in [3.8, 4) is 11.3 Å². The fourth-order valence-electron chi connectivity index (χ4n) is 1.49. The average Bonchev–Trinajstić information content (AvgIpc) is 2.88. The number of aliphatic hydroxyl groups is 2. The molecule has 0 aliphatic heterocycles. The molecule has 0 fully saturated rings. The van der Waals surface area contributed by atoms with Crippen LogP contribution in [0.25, 0.3) is 11.3 Å². The molecule has 2 rings (SSSR count). The number of aliphatic hydroxyl groups excluding tert-OH is 2. The second kappa shape index (κ2) is 6.96. The van der Waals surface area contributed by atoms with Crippen molar-refractivity contribution < 1.29 is 14.7 Å². The van der Waals surface area contributed by atoms with E-state index in [1.807, 2.05) is 18.2 Å². The van der Waals surface area contributed by atoms with E-state index in [0.29, 0.717) is 16.5 Å². The largest absolute Gasteiger partial charge is 0.394 e. The van der Waals surface area contributed by atoms with E-state index in [1.165, 1.54) is 11.8 Å². The molecule has 2 N–H and O–H groups in total. The van der Waals surface area contributed by atoms with Gasteiger partial charge in [-0.05, 0) is 12.1 Å². The molecule has 0 aliphatic rings. The molecule has 1 aromatic heterocycles.